The zero-order valence-corrected chi connectivity index (χ0v) is 10.2. The first-order valence-corrected chi connectivity index (χ1v) is 5.91. The molecule has 0 aromatic heterocycles. The van der Waals surface area contributed by atoms with Gasteiger partial charge in [-0.2, -0.15) is 0 Å². The number of nitro benzene ring substituents is 1. The zero-order chi connectivity index (χ0) is 13.1. The van der Waals surface area contributed by atoms with Crippen LogP contribution in [0.15, 0.2) is 18.2 Å². The van der Waals surface area contributed by atoms with Crippen LogP contribution in [0.3, 0.4) is 0 Å². The molecule has 1 atom stereocenters. The lowest BCUT2D eigenvalue weighted by atomic mass is 10.1. The van der Waals surface area contributed by atoms with Crippen molar-refractivity contribution in [2.24, 2.45) is 0 Å². The maximum Gasteiger partial charge on any atom is 0.274 e. The molecule has 1 aromatic rings. The van der Waals surface area contributed by atoms with Gasteiger partial charge in [0.25, 0.3) is 5.69 Å². The van der Waals surface area contributed by atoms with Gasteiger partial charge in [0.1, 0.15) is 5.82 Å². The van der Waals surface area contributed by atoms with E-state index in [2.05, 4.69) is 5.32 Å². The van der Waals surface area contributed by atoms with Crippen LogP contribution in [0.1, 0.15) is 12.0 Å². The Hall–Kier alpha value is -1.53. The molecule has 18 heavy (non-hydrogen) atoms. The molecule has 1 aliphatic rings. The Balaban J connectivity index is 2.16. The van der Waals surface area contributed by atoms with Gasteiger partial charge in [-0.1, -0.05) is 0 Å². The predicted octanol–water partition coefficient (Wildman–Crippen LogP) is 1.53. The van der Waals surface area contributed by atoms with Crippen molar-refractivity contribution in [1.29, 1.82) is 0 Å². The SMILES string of the molecule is CN(Cc1cc(F)ccc1[N+](=O)[O-])C1CCNC1. The van der Waals surface area contributed by atoms with Crippen molar-refractivity contribution in [3.05, 3.63) is 39.7 Å². The Morgan fingerprint density at radius 2 is 2.39 bits per heavy atom. The van der Waals surface area contributed by atoms with E-state index < -0.39 is 10.7 Å². The van der Waals surface area contributed by atoms with E-state index in [4.69, 9.17) is 0 Å². The van der Waals surface area contributed by atoms with Crippen LogP contribution in [0, 0.1) is 15.9 Å². The summed E-state index contributed by atoms with van der Waals surface area (Å²) >= 11 is 0. The van der Waals surface area contributed by atoms with E-state index >= 15 is 0 Å². The highest BCUT2D eigenvalue weighted by Gasteiger charge is 2.22. The first-order valence-electron chi connectivity index (χ1n) is 5.91. The third-order valence-electron chi connectivity index (χ3n) is 3.32. The topological polar surface area (TPSA) is 58.4 Å². The zero-order valence-electron chi connectivity index (χ0n) is 10.2. The molecule has 0 saturated carbocycles. The minimum absolute atomic E-state index is 0.0193. The number of likely N-dealkylation sites (N-methyl/N-ethyl adjacent to an activating group) is 1. The van der Waals surface area contributed by atoms with Crippen molar-refractivity contribution >= 4 is 5.69 Å². The Labute approximate surface area is 105 Å². The van der Waals surface area contributed by atoms with Crippen molar-refractivity contribution < 1.29 is 9.31 Å². The summed E-state index contributed by atoms with van der Waals surface area (Å²) in [7, 11) is 1.91. The van der Waals surface area contributed by atoms with Crippen LogP contribution in [0.2, 0.25) is 0 Å². The van der Waals surface area contributed by atoms with Crippen molar-refractivity contribution in [2.75, 3.05) is 20.1 Å². The van der Waals surface area contributed by atoms with Gasteiger partial charge in [0.2, 0.25) is 0 Å². The fraction of sp³-hybridized carbons (Fsp3) is 0.500. The monoisotopic (exact) mass is 253 g/mol. The first kappa shape index (κ1) is 12.9. The summed E-state index contributed by atoms with van der Waals surface area (Å²) in [4.78, 5) is 12.5. The predicted molar refractivity (Wildman–Crippen MR) is 65.8 cm³/mol. The summed E-state index contributed by atoms with van der Waals surface area (Å²) in [5, 5.41) is 14.1. The van der Waals surface area contributed by atoms with Crippen LogP contribution in [0.5, 0.6) is 0 Å². The summed E-state index contributed by atoms with van der Waals surface area (Å²) in [6, 6.07) is 3.95. The number of hydrogen-bond acceptors (Lipinski definition) is 4. The summed E-state index contributed by atoms with van der Waals surface area (Å²) in [6.45, 7) is 2.22. The maximum atomic E-state index is 13.2. The molecular formula is C12H16FN3O2. The Kier molecular flexibility index (Phi) is 3.88. The number of hydrogen-bond donors (Lipinski definition) is 1. The molecule has 0 amide bonds. The molecule has 0 radical (unpaired) electrons. The highest BCUT2D eigenvalue weighted by molar-refractivity contribution is 5.40. The van der Waals surface area contributed by atoms with Crippen LogP contribution in [0.4, 0.5) is 10.1 Å². The van der Waals surface area contributed by atoms with Crippen LogP contribution >= 0.6 is 0 Å². The number of nitrogens with zero attached hydrogens (tertiary/aromatic N) is 2. The lowest BCUT2D eigenvalue weighted by Crippen LogP contribution is -2.33. The van der Waals surface area contributed by atoms with Gasteiger partial charge in [0.05, 0.1) is 4.92 Å². The van der Waals surface area contributed by atoms with E-state index in [1.807, 2.05) is 11.9 Å². The van der Waals surface area contributed by atoms with E-state index in [-0.39, 0.29) is 5.69 Å². The van der Waals surface area contributed by atoms with Crippen molar-refractivity contribution in [3.8, 4) is 0 Å². The van der Waals surface area contributed by atoms with E-state index in [1.54, 1.807) is 0 Å². The molecule has 6 heteroatoms. The lowest BCUT2D eigenvalue weighted by Gasteiger charge is -2.23. The molecule has 1 aromatic carbocycles. The largest absolute Gasteiger partial charge is 0.315 e. The van der Waals surface area contributed by atoms with E-state index in [0.29, 0.717) is 18.2 Å². The molecule has 1 fully saturated rings. The molecule has 0 spiro atoms. The van der Waals surface area contributed by atoms with Gasteiger partial charge in [0, 0.05) is 30.8 Å². The van der Waals surface area contributed by atoms with Crippen molar-refractivity contribution in [1.82, 2.24) is 10.2 Å². The third-order valence-corrected chi connectivity index (χ3v) is 3.32. The molecule has 1 aliphatic heterocycles. The summed E-state index contributed by atoms with van der Waals surface area (Å²) in [5.74, 6) is -0.437. The molecule has 5 nitrogen and oxygen atoms in total. The molecule has 0 bridgehead atoms. The smallest absolute Gasteiger partial charge is 0.274 e. The second-order valence-electron chi connectivity index (χ2n) is 4.59. The average molecular weight is 253 g/mol. The van der Waals surface area contributed by atoms with E-state index in [9.17, 15) is 14.5 Å². The normalized spacial score (nSPS) is 19.4. The minimum Gasteiger partial charge on any atom is -0.315 e. The van der Waals surface area contributed by atoms with Gasteiger partial charge in [-0.25, -0.2) is 4.39 Å². The fourth-order valence-corrected chi connectivity index (χ4v) is 2.27. The number of halogens is 1. The molecule has 1 saturated heterocycles. The molecule has 98 valence electrons. The Bertz CT molecular complexity index is 447. The van der Waals surface area contributed by atoms with Crippen LogP contribution in [-0.2, 0) is 6.54 Å². The molecule has 0 aliphatic carbocycles. The highest BCUT2D eigenvalue weighted by Crippen LogP contribution is 2.22. The standard InChI is InChI=1S/C12H16FN3O2/c1-15(11-4-5-14-7-11)8-9-6-10(13)2-3-12(9)16(17)18/h2-3,6,11,14H,4-5,7-8H2,1H3. The van der Waals surface area contributed by atoms with Crippen molar-refractivity contribution in [2.45, 2.75) is 19.0 Å². The molecular weight excluding hydrogens is 237 g/mol. The molecule has 1 N–H and O–H groups in total. The molecule has 2 rings (SSSR count). The third kappa shape index (κ3) is 2.83. The number of nitro groups is 1. The van der Waals surface area contributed by atoms with Gasteiger partial charge in [-0.3, -0.25) is 15.0 Å². The summed E-state index contributed by atoms with van der Waals surface area (Å²) in [5.41, 5.74) is 0.406. The highest BCUT2D eigenvalue weighted by atomic mass is 19.1. The number of rotatable bonds is 4. The molecule has 1 unspecified atom stereocenters. The summed E-state index contributed by atoms with van der Waals surface area (Å²) in [6.07, 6.45) is 1.01. The number of benzene rings is 1. The van der Waals surface area contributed by atoms with Crippen LogP contribution in [0.25, 0.3) is 0 Å². The Morgan fingerprint density at radius 1 is 1.61 bits per heavy atom. The minimum atomic E-state index is -0.463. The number of nitrogens with one attached hydrogen (secondary N) is 1. The fourth-order valence-electron chi connectivity index (χ4n) is 2.27. The molecule has 1 heterocycles. The van der Waals surface area contributed by atoms with E-state index in [0.717, 1.165) is 25.6 Å². The first-order chi connectivity index (χ1) is 8.58. The van der Waals surface area contributed by atoms with Crippen LogP contribution in [-0.4, -0.2) is 36.0 Å². The Morgan fingerprint density at radius 3 is 3.00 bits per heavy atom. The second kappa shape index (κ2) is 5.41. The van der Waals surface area contributed by atoms with Gasteiger partial charge >= 0.3 is 0 Å². The summed E-state index contributed by atoms with van der Waals surface area (Å²) < 4.78 is 13.2. The average Bonchev–Trinajstić information content (AvgIpc) is 2.81. The van der Waals surface area contributed by atoms with E-state index in [1.165, 1.54) is 12.1 Å². The quantitative estimate of drug-likeness (QED) is 0.653. The van der Waals surface area contributed by atoms with Gasteiger partial charge < -0.3 is 5.32 Å². The van der Waals surface area contributed by atoms with Crippen molar-refractivity contribution in [3.63, 3.8) is 0 Å². The van der Waals surface area contributed by atoms with Gasteiger partial charge in [-0.05, 0) is 32.1 Å². The second-order valence-corrected chi connectivity index (χ2v) is 4.59. The van der Waals surface area contributed by atoms with Crippen LogP contribution < -0.4 is 5.32 Å². The van der Waals surface area contributed by atoms with Gasteiger partial charge in [0.15, 0.2) is 0 Å². The van der Waals surface area contributed by atoms with Gasteiger partial charge in [-0.15, -0.1) is 0 Å². The maximum absolute atomic E-state index is 13.2. The lowest BCUT2D eigenvalue weighted by molar-refractivity contribution is -0.385.